The predicted molar refractivity (Wildman–Crippen MR) is 63.2 cm³/mol. The zero-order valence-corrected chi connectivity index (χ0v) is 10.1. The molecule has 2 N–H and O–H groups in total. The molecule has 0 aliphatic carbocycles. The molecule has 1 aromatic rings. The van der Waals surface area contributed by atoms with Gasteiger partial charge in [0.25, 0.3) is 5.91 Å². The smallest absolute Gasteiger partial charge is 0.252 e. The van der Waals surface area contributed by atoms with Crippen molar-refractivity contribution in [2.45, 2.75) is 6.42 Å². The van der Waals surface area contributed by atoms with Gasteiger partial charge in [-0.25, -0.2) is 4.39 Å². The molecule has 0 heterocycles. The van der Waals surface area contributed by atoms with Crippen LogP contribution < -0.4 is 5.32 Å². The molecule has 5 heteroatoms. The molecule has 0 aliphatic rings. The Balaban J connectivity index is 2.65. The third-order valence-corrected chi connectivity index (χ3v) is 2.69. The van der Waals surface area contributed by atoms with Crippen molar-refractivity contribution in [2.75, 3.05) is 13.2 Å². The fourth-order valence-corrected chi connectivity index (χ4v) is 1.77. The Morgan fingerprint density at radius 1 is 1.53 bits per heavy atom. The summed E-state index contributed by atoms with van der Waals surface area (Å²) in [5.74, 6) is -0.598. The molecule has 15 heavy (non-hydrogen) atoms. The average molecular weight is 323 g/mol. The first-order valence-electron chi connectivity index (χ1n) is 4.49. The van der Waals surface area contributed by atoms with E-state index in [0.29, 0.717) is 22.1 Å². The minimum Gasteiger partial charge on any atom is -0.396 e. The second-order valence-corrected chi connectivity index (χ2v) is 4.12. The van der Waals surface area contributed by atoms with Crippen molar-refractivity contribution < 1.29 is 14.3 Å². The van der Waals surface area contributed by atoms with E-state index in [-0.39, 0.29) is 18.3 Å². The van der Waals surface area contributed by atoms with Crippen LogP contribution in [-0.2, 0) is 0 Å². The van der Waals surface area contributed by atoms with Gasteiger partial charge in [0.1, 0.15) is 5.82 Å². The maximum Gasteiger partial charge on any atom is 0.252 e. The number of benzene rings is 1. The van der Waals surface area contributed by atoms with Crippen LogP contribution in [0.2, 0.25) is 0 Å². The molecule has 1 amide bonds. The summed E-state index contributed by atoms with van der Waals surface area (Å²) in [7, 11) is 0. The van der Waals surface area contributed by atoms with Crippen LogP contribution in [0.4, 0.5) is 4.39 Å². The first-order chi connectivity index (χ1) is 7.15. The molecule has 82 valence electrons. The highest BCUT2D eigenvalue weighted by atomic mass is 127. The molecule has 0 atom stereocenters. The van der Waals surface area contributed by atoms with E-state index in [1.165, 1.54) is 18.2 Å². The molecule has 0 saturated carbocycles. The molecule has 0 aromatic heterocycles. The molecule has 0 bridgehead atoms. The monoisotopic (exact) mass is 323 g/mol. The van der Waals surface area contributed by atoms with Crippen LogP contribution in [0.3, 0.4) is 0 Å². The molecule has 3 nitrogen and oxygen atoms in total. The molecular formula is C10H11FINO2. The number of hydrogen-bond donors (Lipinski definition) is 2. The first kappa shape index (κ1) is 12.4. The lowest BCUT2D eigenvalue weighted by Crippen LogP contribution is -2.25. The van der Waals surface area contributed by atoms with E-state index in [0.717, 1.165) is 0 Å². The highest BCUT2D eigenvalue weighted by molar-refractivity contribution is 14.1. The molecule has 0 unspecified atom stereocenters. The van der Waals surface area contributed by atoms with E-state index in [4.69, 9.17) is 5.11 Å². The zero-order chi connectivity index (χ0) is 11.3. The minimum absolute atomic E-state index is 0.0425. The van der Waals surface area contributed by atoms with Crippen molar-refractivity contribution in [3.05, 3.63) is 33.1 Å². The Labute approximate surface area is 101 Å². The summed E-state index contributed by atoms with van der Waals surface area (Å²) in [6, 6.07) is 4.01. The first-order valence-corrected chi connectivity index (χ1v) is 5.57. The van der Waals surface area contributed by atoms with Crippen LogP contribution in [-0.4, -0.2) is 24.2 Å². The number of aliphatic hydroxyl groups excluding tert-OH is 1. The second kappa shape index (κ2) is 6.02. The Hall–Kier alpha value is -0.690. The summed E-state index contributed by atoms with van der Waals surface area (Å²) >= 11 is 1.91. The Morgan fingerprint density at radius 3 is 2.87 bits per heavy atom. The lowest BCUT2D eigenvalue weighted by molar-refractivity contribution is 0.0950. The van der Waals surface area contributed by atoms with Crippen molar-refractivity contribution in [2.24, 2.45) is 0 Å². The highest BCUT2D eigenvalue weighted by Crippen LogP contribution is 2.13. The largest absolute Gasteiger partial charge is 0.396 e. The number of rotatable bonds is 4. The maximum absolute atomic E-state index is 12.7. The summed E-state index contributed by atoms with van der Waals surface area (Å²) in [6.45, 7) is 0.462. The lowest BCUT2D eigenvalue weighted by atomic mass is 10.2. The fourth-order valence-electron chi connectivity index (χ4n) is 1.05. The van der Waals surface area contributed by atoms with Crippen LogP contribution >= 0.6 is 22.6 Å². The van der Waals surface area contributed by atoms with E-state index < -0.39 is 0 Å². The Kier molecular flexibility index (Phi) is 4.97. The lowest BCUT2D eigenvalue weighted by Gasteiger charge is -2.05. The van der Waals surface area contributed by atoms with Crippen molar-refractivity contribution in [3.8, 4) is 0 Å². The van der Waals surface area contributed by atoms with Crippen LogP contribution in [0.1, 0.15) is 16.8 Å². The predicted octanol–water partition coefficient (Wildman–Crippen LogP) is 1.54. The van der Waals surface area contributed by atoms with E-state index in [1.807, 2.05) is 22.6 Å². The topological polar surface area (TPSA) is 49.3 Å². The SMILES string of the molecule is O=C(NCCCO)c1ccc(F)cc1I. The Morgan fingerprint density at radius 2 is 2.27 bits per heavy atom. The van der Waals surface area contributed by atoms with Gasteiger partial charge in [-0.1, -0.05) is 0 Å². The van der Waals surface area contributed by atoms with Crippen molar-refractivity contribution in [1.29, 1.82) is 0 Å². The normalized spacial score (nSPS) is 10.1. The number of nitrogens with one attached hydrogen (secondary N) is 1. The number of carbonyl (C=O) groups excluding carboxylic acids is 1. The van der Waals surface area contributed by atoms with Gasteiger partial charge >= 0.3 is 0 Å². The number of amides is 1. The van der Waals surface area contributed by atoms with E-state index >= 15 is 0 Å². The molecule has 0 spiro atoms. The van der Waals surface area contributed by atoms with Gasteiger partial charge in [-0.15, -0.1) is 0 Å². The third kappa shape index (κ3) is 3.75. The number of hydrogen-bond acceptors (Lipinski definition) is 2. The molecule has 1 aromatic carbocycles. The van der Waals surface area contributed by atoms with Crippen LogP contribution in [0.25, 0.3) is 0 Å². The number of aliphatic hydroxyl groups is 1. The fraction of sp³-hybridized carbons (Fsp3) is 0.300. The summed E-state index contributed by atoms with van der Waals surface area (Å²) in [4.78, 5) is 11.5. The molecule has 1 rings (SSSR count). The summed E-state index contributed by atoms with van der Waals surface area (Å²) < 4.78 is 13.3. The average Bonchev–Trinajstić information content (AvgIpc) is 2.17. The molecule has 0 fully saturated rings. The maximum atomic E-state index is 12.7. The van der Waals surface area contributed by atoms with Crippen LogP contribution in [0.15, 0.2) is 18.2 Å². The number of carbonyl (C=O) groups is 1. The van der Waals surface area contributed by atoms with Gasteiger partial charge in [-0.3, -0.25) is 4.79 Å². The van der Waals surface area contributed by atoms with Gasteiger partial charge in [0.05, 0.1) is 5.56 Å². The van der Waals surface area contributed by atoms with Crippen molar-refractivity contribution in [3.63, 3.8) is 0 Å². The van der Waals surface area contributed by atoms with Gasteiger partial charge in [0, 0.05) is 16.7 Å². The van der Waals surface area contributed by atoms with E-state index in [1.54, 1.807) is 0 Å². The second-order valence-electron chi connectivity index (χ2n) is 2.96. The summed E-state index contributed by atoms with van der Waals surface area (Å²) in [6.07, 6.45) is 0.517. The van der Waals surface area contributed by atoms with Crippen LogP contribution in [0.5, 0.6) is 0 Å². The van der Waals surface area contributed by atoms with Crippen molar-refractivity contribution in [1.82, 2.24) is 5.32 Å². The molecule has 0 radical (unpaired) electrons. The summed E-state index contributed by atoms with van der Waals surface area (Å²) in [5, 5.41) is 11.2. The number of halogens is 2. The van der Waals surface area contributed by atoms with Gasteiger partial charge in [-0.2, -0.15) is 0 Å². The standard InChI is InChI=1S/C10H11FINO2/c11-7-2-3-8(9(12)6-7)10(15)13-4-1-5-14/h2-3,6,14H,1,4-5H2,(H,13,15). The molecule has 0 aliphatic heterocycles. The molecule has 0 saturated heterocycles. The van der Waals surface area contributed by atoms with Gasteiger partial charge in [-0.05, 0) is 47.2 Å². The third-order valence-electron chi connectivity index (χ3n) is 1.80. The Bertz CT molecular complexity index is 357. The van der Waals surface area contributed by atoms with Crippen molar-refractivity contribution >= 4 is 28.5 Å². The minimum atomic E-state index is -0.355. The zero-order valence-electron chi connectivity index (χ0n) is 7.96. The quantitative estimate of drug-likeness (QED) is 0.652. The van der Waals surface area contributed by atoms with Gasteiger partial charge in [0.2, 0.25) is 0 Å². The van der Waals surface area contributed by atoms with E-state index in [9.17, 15) is 9.18 Å². The summed E-state index contributed by atoms with van der Waals surface area (Å²) in [5.41, 5.74) is 0.454. The highest BCUT2D eigenvalue weighted by Gasteiger charge is 2.09. The van der Waals surface area contributed by atoms with Crippen LogP contribution in [0, 0.1) is 9.39 Å². The molecular weight excluding hydrogens is 312 g/mol. The van der Waals surface area contributed by atoms with Gasteiger partial charge < -0.3 is 10.4 Å². The van der Waals surface area contributed by atoms with E-state index in [2.05, 4.69) is 5.32 Å². The van der Waals surface area contributed by atoms with Gasteiger partial charge in [0.15, 0.2) is 0 Å².